The van der Waals surface area contributed by atoms with Crippen molar-refractivity contribution in [3.8, 4) is 5.75 Å². The van der Waals surface area contributed by atoms with Gasteiger partial charge in [-0.3, -0.25) is 10.1 Å². The second-order valence-corrected chi connectivity index (χ2v) is 4.27. The number of rotatable bonds is 1. The molecule has 90 valence electrons. The van der Waals surface area contributed by atoms with Gasteiger partial charge < -0.3 is 14.6 Å². The minimum absolute atomic E-state index is 0.0975. The summed E-state index contributed by atoms with van der Waals surface area (Å²) in [5.41, 5.74) is 0.986. The number of carboxylic acids is 1. The highest BCUT2D eigenvalue weighted by molar-refractivity contribution is 5.73. The molecular weight excluding hydrogens is 222 g/mol. The molecule has 0 spiro atoms. The van der Waals surface area contributed by atoms with Crippen LogP contribution in [0, 0.1) is 0 Å². The summed E-state index contributed by atoms with van der Waals surface area (Å²) in [4.78, 5) is 10.9. The van der Waals surface area contributed by atoms with E-state index in [1.165, 1.54) is 0 Å². The van der Waals surface area contributed by atoms with Gasteiger partial charge in [0.2, 0.25) is 0 Å². The second kappa shape index (κ2) is 4.01. The lowest BCUT2D eigenvalue weighted by molar-refractivity contribution is -0.147. The molecule has 5 heteroatoms. The van der Waals surface area contributed by atoms with E-state index in [1.54, 1.807) is 0 Å². The monoisotopic (exact) mass is 235 g/mol. The van der Waals surface area contributed by atoms with Crippen molar-refractivity contribution in [3.05, 3.63) is 29.8 Å². The highest BCUT2D eigenvalue weighted by atomic mass is 16.5. The van der Waals surface area contributed by atoms with E-state index in [0.29, 0.717) is 6.61 Å². The number of hydrogen-bond donors (Lipinski definition) is 2. The van der Waals surface area contributed by atoms with Crippen molar-refractivity contribution in [3.63, 3.8) is 0 Å². The van der Waals surface area contributed by atoms with Crippen LogP contribution in [0.2, 0.25) is 0 Å². The molecule has 0 aromatic heterocycles. The number of carbonyl (C=O) groups is 1. The number of benzene rings is 1. The number of ether oxygens (including phenoxy) is 2. The largest absolute Gasteiger partial charge is 0.491 e. The van der Waals surface area contributed by atoms with Gasteiger partial charge in [0.1, 0.15) is 24.5 Å². The van der Waals surface area contributed by atoms with E-state index in [0.717, 1.165) is 11.3 Å². The fourth-order valence-corrected chi connectivity index (χ4v) is 2.32. The molecule has 0 saturated carbocycles. The molecule has 0 bridgehead atoms. The molecule has 3 rings (SSSR count). The first-order valence-electron chi connectivity index (χ1n) is 5.58. The van der Waals surface area contributed by atoms with Gasteiger partial charge in [-0.25, -0.2) is 0 Å². The van der Waals surface area contributed by atoms with E-state index < -0.39 is 12.0 Å². The maximum atomic E-state index is 10.9. The predicted molar refractivity (Wildman–Crippen MR) is 59.0 cm³/mol. The van der Waals surface area contributed by atoms with Gasteiger partial charge >= 0.3 is 5.97 Å². The number of morpholine rings is 1. The van der Waals surface area contributed by atoms with E-state index in [4.69, 9.17) is 14.6 Å². The average molecular weight is 235 g/mol. The average Bonchev–Trinajstić information content (AvgIpc) is 2.38. The summed E-state index contributed by atoms with van der Waals surface area (Å²) >= 11 is 0. The molecule has 3 unspecified atom stereocenters. The van der Waals surface area contributed by atoms with Crippen molar-refractivity contribution in [2.45, 2.75) is 18.2 Å². The predicted octanol–water partition coefficient (Wildman–Crippen LogP) is 0.562. The quantitative estimate of drug-likeness (QED) is 0.744. The Bertz CT molecular complexity index is 448. The Balaban J connectivity index is 1.85. The molecule has 2 aliphatic heterocycles. The van der Waals surface area contributed by atoms with Gasteiger partial charge in [-0.2, -0.15) is 0 Å². The van der Waals surface area contributed by atoms with Crippen LogP contribution in [0.3, 0.4) is 0 Å². The molecule has 2 N–H and O–H groups in total. The Morgan fingerprint density at radius 2 is 2.18 bits per heavy atom. The number of nitrogens with one attached hydrogen (secondary N) is 1. The SMILES string of the molecule is O=C(O)C1COC2c3ccccc3OCC2N1. The number of carboxylic acid groups (broad SMARTS) is 1. The first-order valence-corrected chi connectivity index (χ1v) is 5.58. The zero-order chi connectivity index (χ0) is 11.8. The van der Waals surface area contributed by atoms with E-state index in [-0.39, 0.29) is 18.8 Å². The third-order valence-electron chi connectivity index (χ3n) is 3.17. The lowest BCUT2D eigenvalue weighted by atomic mass is 9.96. The Morgan fingerprint density at radius 3 is 3.00 bits per heavy atom. The first-order chi connectivity index (χ1) is 8.25. The van der Waals surface area contributed by atoms with Crippen LogP contribution in [0.15, 0.2) is 24.3 Å². The first kappa shape index (κ1) is 10.6. The molecule has 1 saturated heterocycles. The zero-order valence-corrected chi connectivity index (χ0v) is 9.13. The van der Waals surface area contributed by atoms with Crippen LogP contribution in [0.1, 0.15) is 11.7 Å². The van der Waals surface area contributed by atoms with Crippen molar-refractivity contribution < 1.29 is 19.4 Å². The topological polar surface area (TPSA) is 67.8 Å². The lowest BCUT2D eigenvalue weighted by Crippen LogP contribution is -2.57. The van der Waals surface area contributed by atoms with Crippen molar-refractivity contribution in [1.82, 2.24) is 5.32 Å². The molecule has 3 atom stereocenters. The maximum Gasteiger partial charge on any atom is 0.323 e. The van der Waals surface area contributed by atoms with E-state index in [9.17, 15) is 4.79 Å². The van der Waals surface area contributed by atoms with Crippen LogP contribution < -0.4 is 10.1 Å². The van der Waals surface area contributed by atoms with E-state index in [2.05, 4.69) is 5.32 Å². The summed E-state index contributed by atoms with van der Waals surface area (Å²) in [6, 6.07) is 6.95. The summed E-state index contributed by atoms with van der Waals surface area (Å²) < 4.78 is 11.2. The number of fused-ring (bicyclic) bond motifs is 3. The molecule has 0 amide bonds. The van der Waals surface area contributed by atoms with Crippen LogP contribution in [0.5, 0.6) is 5.75 Å². The van der Waals surface area contributed by atoms with Crippen LogP contribution in [-0.4, -0.2) is 36.4 Å². The Kier molecular flexibility index (Phi) is 2.49. The van der Waals surface area contributed by atoms with E-state index >= 15 is 0 Å². The summed E-state index contributed by atoms with van der Waals surface area (Å²) in [7, 11) is 0. The van der Waals surface area contributed by atoms with Gasteiger partial charge in [0, 0.05) is 5.56 Å². The Hall–Kier alpha value is -1.59. The normalized spacial score (nSPS) is 30.9. The van der Waals surface area contributed by atoms with Gasteiger partial charge in [0.05, 0.1) is 12.6 Å². The molecule has 1 aromatic rings. The maximum absolute atomic E-state index is 10.9. The molecule has 0 aliphatic carbocycles. The van der Waals surface area contributed by atoms with Gasteiger partial charge in [0.25, 0.3) is 0 Å². The van der Waals surface area contributed by atoms with Crippen LogP contribution in [-0.2, 0) is 9.53 Å². The molecule has 5 nitrogen and oxygen atoms in total. The number of para-hydroxylation sites is 1. The van der Waals surface area contributed by atoms with Gasteiger partial charge in [0.15, 0.2) is 0 Å². The Labute approximate surface area is 98.3 Å². The van der Waals surface area contributed by atoms with Gasteiger partial charge in [-0.1, -0.05) is 18.2 Å². The summed E-state index contributed by atoms with van der Waals surface area (Å²) in [5.74, 6) is -0.0633. The highest BCUT2D eigenvalue weighted by Gasteiger charge is 2.38. The molecule has 2 heterocycles. The van der Waals surface area contributed by atoms with Crippen molar-refractivity contribution in [2.24, 2.45) is 0 Å². The number of aliphatic carboxylic acids is 1. The molecule has 1 aromatic carbocycles. The minimum Gasteiger partial charge on any atom is -0.491 e. The molecule has 1 fully saturated rings. The molecule has 17 heavy (non-hydrogen) atoms. The number of hydrogen-bond acceptors (Lipinski definition) is 4. The fraction of sp³-hybridized carbons (Fsp3) is 0.417. The second-order valence-electron chi connectivity index (χ2n) is 4.27. The molecular formula is C12H13NO4. The molecule has 2 aliphatic rings. The third-order valence-corrected chi connectivity index (χ3v) is 3.17. The third kappa shape index (κ3) is 1.77. The molecule has 0 radical (unpaired) electrons. The van der Waals surface area contributed by atoms with Crippen LogP contribution in [0.4, 0.5) is 0 Å². The Morgan fingerprint density at radius 1 is 1.35 bits per heavy atom. The summed E-state index contributed by atoms with van der Waals surface area (Å²) in [6.45, 7) is 0.621. The smallest absolute Gasteiger partial charge is 0.323 e. The standard InChI is InChI=1S/C12H13NO4/c14-12(15)9-6-17-11-7-3-1-2-4-10(7)16-5-8(11)13-9/h1-4,8-9,11,13H,5-6H2,(H,14,15). The lowest BCUT2D eigenvalue weighted by Gasteiger charge is -2.39. The van der Waals surface area contributed by atoms with Crippen LogP contribution in [0.25, 0.3) is 0 Å². The highest BCUT2D eigenvalue weighted by Crippen LogP contribution is 2.36. The summed E-state index contributed by atoms with van der Waals surface area (Å²) in [6.07, 6.45) is -0.115. The van der Waals surface area contributed by atoms with Crippen molar-refractivity contribution in [2.75, 3.05) is 13.2 Å². The van der Waals surface area contributed by atoms with Crippen molar-refractivity contribution in [1.29, 1.82) is 0 Å². The minimum atomic E-state index is -0.887. The van der Waals surface area contributed by atoms with Crippen molar-refractivity contribution >= 4 is 5.97 Å². The summed E-state index contributed by atoms with van der Waals surface area (Å²) in [5, 5.41) is 12.0. The fourth-order valence-electron chi connectivity index (χ4n) is 2.32. The zero-order valence-electron chi connectivity index (χ0n) is 9.13. The van der Waals surface area contributed by atoms with Gasteiger partial charge in [-0.15, -0.1) is 0 Å². The van der Waals surface area contributed by atoms with Crippen LogP contribution >= 0.6 is 0 Å². The van der Waals surface area contributed by atoms with Gasteiger partial charge in [-0.05, 0) is 6.07 Å². The van der Waals surface area contributed by atoms with E-state index in [1.807, 2.05) is 24.3 Å².